The molecule has 0 aliphatic carbocycles. The molecule has 2 aromatic heterocycles. The summed E-state index contributed by atoms with van der Waals surface area (Å²) in [7, 11) is 2.16. The van der Waals surface area contributed by atoms with Crippen molar-refractivity contribution in [1.29, 1.82) is 0 Å². The van der Waals surface area contributed by atoms with Crippen LogP contribution in [-0.4, -0.2) is 58.6 Å². The van der Waals surface area contributed by atoms with Crippen LogP contribution in [-0.2, 0) is 6.42 Å². The van der Waals surface area contributed by atoms with Gasteiger partial charge in [0, 0.05) is 22.8 Å². The van der Waals surface area contributed by atoms with Crippen molar-refractivity contribution in [3.8, 4) is 0 Å². The highest BCUT2D eigenvalue weighted by molar-refractivity contribution is 6.30. The van der Waals surface area contributed by atoms with E-state index < -0.39 is 0 Å². The number of quaternary nitrogens is 1. The van der Waals surface area contributed by atoms with Crippen molar-refractivity contribution < 1.29 is 9.69 Å². The Balaban J connectivity index is 1.67. The number of amides is 1. The van der Waals surface area contributed by atoms with Gasteiger partial charge < -0.3 is 9.80 Å². The normalized spacial score (nSPS) is 15.4. The first kappa shape index (κ1) is 18.9. The van der Waals surface area contributed by atoms with E-state index in [1.807, 2.05) is 43.0 Å². The molecule has 1 aliphatic heterocycles. The fourth-order valence-electron chi connectivity index (χ4n) is 3.79. The van der Waals surface area contributed by atoms with Crippen LogP contribution in [0.4, 0.5) is 0 Å². The predicted octanol–water partition coefficient (Wildman–Crippen LogP) is 1.56. The van der Waals surface area contributed by atoms with Gasteiger partial charge >= 0.3 is 0 Å². The maximum Gasteiger partial charge on any atom is 0.259 e. The van der Waals surface area contributed by atoms with Crippen molar-refractivity contribution in [1.82, 2.24) is 19.5 Å². The summed E-state index contributed by atoms with van der Waals surface area (Å²) < 4.78 is 1.80. The molecular weight excluding hydrogens is 374 g/mol. The van der Waals surface area contributed by atoms with Gasteiger partial charge in [-0.3, -0.25) is 4.79 Å². The topological polar surface area (TPSA) is 54.9 Å². The monoisotopic (exact) mass is 398 g/mol. The highest BCUT2D eigenvalue weighted by atomic mass is 35.5. The van der Waals surface area contributed by atoms with Crippen molar-refractivity contribution in [3.63, 3.8) is 0 Å². The van der Waals surface area contributed by atoms with Gasteiger partial charge in [0.25, 0.3) is 5.91 Å². The number of fused-ring (bicyclic) bond motifs is 1. The zero-order chi connectivity index (χ0) is 19.8. The first-order chi connectivity index (χ1) is 13.4. The molecule has 0 bridgehead atoms. The third kappa shape index (κ3) is 3.50. The largest absolute Gasteiger partial charge is 0.334 e. The minimum atomic E-state index is 0.0271. The highest BCUT2D eigenvalue weighted by Crippen LogP contribution is 2.22. The van der Waals surface area contributed by atoms with Gasteiger partial charge in [0.15, 0.2) is 5.65 Å². The number of rotatable bonds is 3. The van der Waals surface area contributed by atoms with E-state index in [0.717, 1.165) is 54.6 Å². The Morgan fingerprint density at radius 1 is 1.18 bits per heavy atom. The second kappa shape index (κ2) is 7.53. The van der Waals surface area contributed by atoms with Crippen LogP contribution in [0.1, 0.15) is 32.9 Å². The van der Waals surface area contributed by atoms with Crippen molar-refractivity contribution >= 4 is 23.2 Å². The average molecular weight is 399 g/mol. The average Bonchev–Trinajstić information content (AvgIpc) is 3.10. The lowest BCUT2D eigenvalue weighted by Gasteiger charge is -2.29. The zero-order valence-corrected chi connectivity index (χ0v) is 17.3. The zero-order valence-electron chi connectivity index (χ0n) is 16.5. The molecule has 0 radical (unpaired) electrons. The molecule has 1 saturated heterocycles. The number of hydrogen-bond donors (Lipinski definition) is 1. The summed E-state index contributed by atoms with van der Waals surface area (Å²) in [5.41, 5.74) is 5.46. The van der Waals surface area contributed by atoms with E-state index in [4.69, 9.17) is 16.6 Å². The van der Waals surface area contributed by atoms with Crippen molar-refractivity contribution in [2.75, 3.05) is 33.2 Å². The number of nitrogens with zero attached hydrogens (tertiary/aromatic N) is 4. The molecule has 28 heavy (non-hydrogen) atoms. The van der Waals surface area contributed by atoms with E-state index in [1.54, 1.807) is 10.7 Å². The summed E-state index contributed by atoms with van der Waals surface area (Å²) in [5.74, 6) is 0.0271. The van der Waals surface area contributed by atoms with Gasteiger partial charge in [0.2, 0.25) is 0 Å². The number of likely N-dealkylation sites (N-methyl/N-ethyl adjacent to an activating group) is 1. The van der Waals surface area contributed by atoms with E-state index in [0.29, 0.717) is 11.2 Å². The molecule has 1 aliphatic rings. The van der Waals surface area contributed by atoms with Gasteiger partial charge in [0.1, 0.15) is 5.56 Å². The first-order valence-electron chi connectivity index (χ1n) is 9.63. The van der Waals surface area contributed by atoms with Gasteiger partial charge in [-0.1, -0.05) is 23.7 Å². The molecule has 0 atom stereocenters. The molecule has 7 heteroatoms. The van der Waals surface area contributed by atoms with Crippen molar-refractivity contribution in [2.45, 2.75) is 20.3 Å². The summed E-state index contributed by atoms with van der Waals surface area (Å²) in [6.07, 6.45) is 2.41. The summed E-state index contributed by atoms with van der Waals surface area (Å²) in [6.45, 7) is 7.53. The summed E-state index contributed by atoms with van der Waals surface area (Å²) in [6, 6.07) is 7.85. The Labute approximate surface area is 169 Å². The maximum absolute atomic E-state index is 13.0. The lowest BCUT2D eigenvalue weighted by molar-refractivity contribution is -0.883. The van der Waals surface area contributed by atoms with Crippen LogP contribution >= 0.6 is 11.6 Å². The number of piperazine rings is 1. The van der Waals surface area contributed by atoms with Crippen LogP contribution in [0, 0.1) is 13.8 Å². The molecular formula is C21H25ClN5O+. The lowest BCUT2D eigenvalue weighted by Crippen LogP contribution is -3.12. The molecule has 0 unspecified atom stereocenters. The van der Waals surface area contributed by atoms with Crippen LogP contribution in [0.15, 0.2) is 30.5 Å². The van der Waals surface area contributed by atoms with Crippen LogP contribution < -0.4 is 4.90 Å². The van der Waals surface area contributed by atoms with Gasteiger partial charge in [-0.05, 0) is 37.1 Å². The molecule has 1 N–H and O–H groups in total. The number of aryl methyl sites for hydroxylation is 2. The Morgan fingerprint density at radius 3 is 2.54 bits per heavy atom. The van der Waals surface area contributed by atoms with E-state index in [1.165, 1.54) is 10.5 Å². The maximum atomic E-state index is 13.0. The van der Waals surface area contributed by atoms with E-state index in [2.05, 4.69) is 12.1 Å². The molecule has 4 rings (SSSR count). The molecule has 3 heterocycles. The van der Waals surface area contributed by atoms with Gasteiger partial charge in [-0.2, -0.15) is 5.10 Å². The number of nitrogens with one attached hydrogen (secondary N) is 1. The number of aromatic nitrogens is 3. The smallest absolute Gasteiger partial charge is 0.259 e. The Morgan fingerprint density at radius 2 is 1.86 bits per heavy atom. The Hall–Kier alpha value is -2.44. The number of benzene rings is 1. The van der Waals surface area contributed by atoms with Gasteiger partial charge in [-0.15, -0.1) is 0 Å². The quantitative estimate of drug-likeness (QED) is 0.728. The lowest BCUT2D eigenvalue weighted by atomic mass is 10.0. The summed E-state index contributed by atoms with van der Waals surface area (Å²) in [5, 5.41) is 5.22. The number of halogens is 1. The standard InChI is InChI=1S/C21H24ClN5O/c1-14-18(12-16-4-6-17(22)7-5-16)15(2)27-20(24-14)19(13-23-27)21(28)26-10-8-25(3)9-11-26/h4-7,13H,8-12H2,1-3H3/p+1. The molecule has 0 saturated carbocycles. The number of carbonyl (C=O) groups excluding carboxylic acids is 1. The third-order valence-electron chi connectivity index (χ3n) is 5.64. The second-order valence-corrected chi connectivity index (χ2v) is 8.04. The van der Waals surface area contributed by atoms with Crippen LogP contribution in [0.25, 0.3) is 5.65 Å². The minimum absolute atomic E-state index is 0.0271. The van der Waals surface area contributed by atoms with E-state index >= 15 is 0 Å². The third-order valence-corrected chi connectivity index (χ3v) is 5.89. The first-order valence-corrected chi connectivity index (χ1v) is 10.0. The minimum Gasteiger partial charge on any atom is -0.334 e. The number of carbonyl (C=O) groups is 1. The van der Waals surface area contributed by atoms with Gasteiger partial charge in [0.05, 0.1) is 39.4 Å². The fraction of sp³-hybridized carbons (Fsp3) is 0.381. The molecule has 1 amide bonds. The summed E-state index contributed by atoms with van der Waals surface area (Å²) in [4.78, 5) is 21.2. The highest BCUT2D eigenvalue weighted by Gasteiger charge is 2.26. The van der Waals surface area contributed by atoms with Gasteiger partial charge in [-0.25, -0.2) is 9.50 Å². The molecule has 3 aromatic rings. The molecule has 1 aromatic carbocycles. The molecule has 0 spiro atoms. The van der Waals surface area contributed by atoms with E-state index in [9.17, 15) is 4.79 Å². The van der Waals surface area contributed by atoms with Crippen LogP contribution in [0.2, 0.25) is 5.02 Å². The molecule has 6 nitrogen and oxygen atoms in total. The summed E-state index contributed by atoms with van der Waals surface area (Å²) >= 11 is 6.00. The van der Waals surface area contributed by atoms with E-state index in [-0.39, 0.29) is 5.91 Å². The SMILES string of the molecule is Cc1nc2c(C(=O)N3CC[NH+](C)CC3)cnn2c(C)c1Cc1ccc(Cl)cc1. The van der Waals surface area contributed by atoms with Crippen molar-refractivity contribution in [2.24, 2.45) is 0 Å². The van der Waals surface area contributed by atoms with Crippen LogP contribution in [0.3, 0.4) is 0 Å². The Bertz CT molecular complexity index is 1020. The van der Waals surface area contributed by atoms with Crippen LogP contribution in [0.5, 0.6) is 0 Å². The fourth-order valence-corrected chi connectivity index (χ4v) is 3.91. The molecule has 146 valence electrons. The predicted molar refractivity (Wildman–Crippen MR) is 109 cm³/mol. The number of hydrogen-bond acceptors (Lipinski definition) is 3. The Kier molecular flexibility index (Phi) is 5.08. The molecule has 1 fully saturated rings. The van der Waals surface area contributed by atoms with Crippen molar-refractivity contribution in [3.05, 3.63) is 63.6 Å². The second-order valence-electron chi connectivity index (χ2n) is 7.61.